The van der Waals surface area contributed by atoms with Crippen LogP contribution in [0.3, 0.4) is 0 Å². The van der Waals surface area contributed by atoms with Gasteiger partial charge in [-0.05, 0) is 38.6 Å². The fraction of sp³-hybridized carbons (Fsp3) is 0.923. The van der Waals surface area contributed by atoms with Crippen LogP contribution in [0.4, 0.5) is 0 Å². The number of hydrogen-bond acceptors (Lipinski definition) is 4. The minimum atomic E-state index is -0.526. The van der Waals surface area contributed by atoms with Crippen molar-refractivity contribution in [1.82, 2.24) is 5.32 Å². The van der Waals surface area contributed by atoms with Crippen molar-refractivity contribution in [3.05, 3.63) is 0 Å². The summed E-state index contributed by atoms with van der Waals surface area (Å²) in [5.41, 5.74) is 5.81. The summed E-state index contributed by atoms with van der Waals surface area (Å²) in [6.07, 6.45) is 3.85. The number of amides is 1. The molecule has 1 saturated heterocycles. The summed E-state index contributed by atoms with van der Waals surface area (Å²) in [5, 5.41) is 2.92. The molecule has 1 atom stereocenters. The molecular formula is C13H24N2O3. The zero-order chi connectivity index (χ0) is 13.2. The second-order valence-corrected chi connectivity index (χ2v) is 5.99. The first-order valence-electron chi connectivity index (χ1n) is 6.73. The fourth-order valence-electron chi connectivity index (χ4n) is 2.62. The van der Waals surface area contributed by atoms with Crippen molar-refractivity contribution in [2.45, 2.75) is 51.4 Å². The van der Waals surface area contributed by atoms with Crippen molar-refractivity contribution in [1.29, 1.82) is 0 Å². The monoisotopic (exact) mass is 256 g/mol. The van der Waals surface area contributed by atoms with Gasteiger partial charge in [-0.2, -0.15) is 0 Å². The van der Waals surface area contributed by atoms with Gasteiger partial charge in [0.05, 0.1) is 6.61 Å². The SMILES string of the molecule is CC1(C)OCC(CNC(=O)CC2(CN)CCC2)O1. The molecule has 5 nitrogen and oxygen atoms in total. The molecule has 2 aliphatic rings. The molecule has 1 aliphatic heterocycles. The van der Waals surface area contributed by atoms with Crippen LogP contribution in [0.2, 0.25) is 0 Å². The maximum absolute atomic E-state index is 11.9. The summed E-state index contributed by atoms with van der Waals surface area (Å²) in [5.74, 6) is -0.449. The lowest BCUT2D eigenvalue weighted by Gasteiger charge is -2.40. The molecule has 1 unspecified atom stereocenters. The largest absolute Gasteiger partial charge is 0.353 e. The van der Waals surface area contributed by atoms with Gasteiger partial charge in [-0.15, -0.1) is 0 Å². The molecule has 104 valence electrons. The Balaban J connectivity index is 1.69. The molecule has 0 radical (unpaired) electrons. The van der Waals surface area contributed by atoms with Gasteiger partial charge in [-0.25, -0.2) is 0 Å². The molecule has 2 rings (SSSR count). The van der Waals surface area contributed by atoms with E-state index in [0.717, 1.165) is 12.8 Å². The van der Waals surface area contributed by atoms with Crippen LogP contribution < -0.4 is 11.1 Å². The van der Waals surface area contributed by atoms with E-state index in [2.05, 4.69) is 5.32 Å². The third-order valence-electron chi connectivity index (χ3n) is 3.98. The second-order valence-electron chi connectivity index (χ2n) is 5.99. The molecule has 1 amide bonds. The van der Waals surface area contributed by atoms with Crippen LogP contribution in [0.5, 0.6) is 0 Å². The first-order chi connectivity index (χ1) is 8.45. The summed E-state index contributed by atoms with van der Waals surface area (Å²) >= 11 is 0. The Morgan fingerprint density at radius 3 is 2.61 bits per heavy atom. The van der Waals surface area contributed by atoms with Crippen LogP contribution in [-0.4, -0.2) is 37.5 Å². The lowest BCUT2D eigenvalue weighted by molar-refractivity contribution is -0.140. The number of rotatable bonds is 5. The summed E-state index contributed by atoms with van der Waals surface area (Å²) in [6, 6.07) is 0. The molecule has 1 saturated carbocycles. The molecule has 0 aromatic carbocycles. The van der Waals surface area contributed by atoms with E-state index in [1.165, 1.54) is 6.42 Å². The Kier molecular flexibility index (Phi) is 3.94. The van der Waals surface area contributed by atoms with Crippen LogP contribution >= 0.6 is 0 Å². The van der Waals surface area contributed by atoms with Gasteiger partial charge in [0, 0.05) is 13.0 Å². The number of nitrogens with one attached hydrogen (secondary N) is 1. The molecular weight excluding hydrogens is 232 g/mol. The average molecular weight is 256 g/mol. The van der Waals surface area contributed by atoms with Gasteiger partial charge in [0.2, 0.25) is 5.91 Å². The Hall–Kier alpha value is -0.650. The van der Waals surface area contributed by atoms with Crippen LogP contribution in [0.15, 0.2) is 0 Å². The lowest BCUT2D eigenvalue weighted by atomic mass is 9.66. The highest BCUT2D eigenvalue weighted by Crippen LogP contribution is 2.42. The van der Waals surface area contributed by atoms with Crippen molar-refractivity contribution in [2.75, 3.05) is 19.7 Å². The highest BCUT2D eigenvalue weighted by atomic mass is 16.7. The highest BCUT2D eigenvalue weighted by molar-refractivity contribution is 5.76. The van der Waals surface area contributed by atoms with E-state index < -0.39 is 5.79 Å². The zero-order valence-corrected chi connectivity index (χ0v) is 11.3. The van der Waals surface area contributed by atoms with Crippen LogP contribution in [-0.2, 0) is 14.3 Å². The standard InChI is InChI=1S/C13H24N2O3/c1-12(2)17-8-10(18-12)7-15-11(16)6-13(9-14)4-3-5-13/h10H,3-9,14H2,1-2H3,(H,15,16). The maximum atomic E-state index is 11.9. The number of carbonyl (C=O) groups is 1. The Bertz CT molecular complexity index is 308. The van der Waals surface area contributed by atoms with Gasteiger partial charge in [0.25, 0.3) is 0 Å². The molecule has 2 fully saturated rings. The van der Waals surface area contributed by atoms with E-state index in [1.54, 1.807) is 0 Å². The highest BCUT2D eigenvalue weighted by Gasteiger charge is 2.38. The topological polar surface area (TPSA) is 73.6 Å². The lowest BCUT2D eigenvalue weighted by Crippen LogP contribution is -2.43. The number of ether oxygens (including phenoxy) is 2. The van der Waals surface area contributed by atoms with Crippen molar-refractivity contribution in [2.24, 2.45) is 11.1 Å². The van der Waals surface area contributed by atoms with Crippen molar-refractivity contribution in [3.63, 3.8) is 0 Å². The van der Waals surface area contributed by atoms with Gasteiger partial charge in [0.1, 0.15) is 6.10 Å². The predicted octanol–water partition coefficient (Wildman–Crippen LogP) is 0.773. The molecule has 0 bridgehead atoms. The van der Waals surface area contributed by atoms with Crippen molar-refractivity contribution >= 4 is 5.91 Å². The summed E-state index contributed by atoms with van der Waals surface area (Å²) in [4.78, 5) is 11.9. The number of nitrogens with two attached hydrogens (primary N) is 1. The summed E-state index contributed by atoms with van der Waals surface area (Å²) in [7, 11) is 0. The Morgan fingerprint density at radius 1 is 1.44 bits per heavy atom. The quantitative estimate of drug-likeness (QED) is 0.762. The van der Waals surface area contributed by atoms with E-state index in [9.17, 15) is 4.79 Å². The molecule has 1 aliphatic carbocycles. The van der Waals surface area contributed by atoms with E-state index in [0.29, 0.717) is 26.1 Å². The normalized spacial score (nSPS) is 28.7. The third kappa shape index (κ3) is 3.22. The zero-order valence-electron chi connectivity index (χ0n) is 11.3. The van der Waals surface area contributed by atoms with Gasteiger partial charge < -0.3 is 20.5 Å². The van der Waals surface area contributed by atoms with Crippen LogP contribution in [0, 0.1) is 5.41 Å². The van der Waals surface area contributed by atoms with Gasteiger partial charge >= 0.3 is 0 Å². The van der Waals surface area contributed by atoms with Crippen molar-refractivity contribution < 1.29 is 14.3 Å². The molecule has 0 spiro atoms. The molecule has 0 aromatic heterocycles. The smallest absolute Gasteiger partial charge is 0.220 e. The first-order valence-corrected chi connectivity index (χ1v) is 6.73. The predicted molar refractivity (Wildman–Crippen MR) is 67.9 cm³/mol. The number of hydrogen-bond donors (Lipinski definition) is 2. The summed E-state index contributed by atoms with van der Waals surface area (Å²) in [6.45, 7) is 5.42. The van der Waals surface area contributed by atoms with E-state index >= 15 is 0 Å². The first kappa shape index (κ1) is 13.8. The molecule has 5 heteroatoms. The number of carbonyl (C=O) groups excluding carboxylic acids is 1. The molecule has 0 aromatic rings. The average Bonchev–Trinajstić information content (AvgIpc) is 2.61. The third-order valence-corrected chi connectivity index (χ3v) is 3.98. The van der Waals surface area contributed by atoms with E-state index in [1.807, 2.05) is 13.8 Å². The van der Waals surface area contributed by atoms with Gasteiger partial charge in [0.15, 0.2) is 5.79 Å². The van der Waals surface area contributed by atoms with Gasteiger partial charge in [-0.1, -0.05) is 6.42 Å². The second kappa shape index (κ2) is 5.15. The molecule has 18 heavy (non-hydrogen) atoms. The molecule has 3 N–H and O–H groups in total. The summed E-state index contributed by atoms with van der Waals surface area (Å²) < 4.78 is 11.1. The van der Waals surface area contributed by atoms with E-state index in [4.69, 9.17) is 15.2 Å². The minimum absolute atomic E-state index is 0.0424. The molecule has 1 heterocycles. The maximum Gasteiger partial charge on any atom is 0.220 e. The fourth-order valence-corrected chi connectivity index (χ4v) is 2.62. The van der Waals surface area contributed by atoms with Crippen LogP contribution in [0.1, 0.15) is 39.5 Å². The Morgan fingerprint density at radius 2 is 2.17 bits per heavy atom. The Labute approximate surface area is 108 Å². The minimum Gasteiger partial charge on any atom is -0.353 e. The van der Waals surface area contributed by atoms with E-state index in [-0.39, 0.29) is 17.4 Å². The van der Waals surface area contributed by atoms with Gasteiger partial charge in [-0.3, -0.25) is 4.79 Å². The van der Waals surface area contributed by atoms with Crippen LogP contribution in [0.25, 0.3) is 0 Å². The van der Waals surface area contributed by atoms with Crippen molar-refractivity contribution in [3.8, 4) is 0 Å².